The SMILES string of the molecule is CC(C)C1CCN(CC(=O)N2CCC3(CC2)CN(C)C3)CC1. The van der Waals surface area contributed by atoms with Gasteiger partial charge in [0.2, 0.25) is 5.91 Å². The molecule has 22 heavy (non-hydrogen) atoms. The fraction of sp³-hybridized carbons (Fsp3) is 0.944. The summed E-state index contributed by atoms with van der Waals surface area (Å²) < 4.78 is 0. The van der Waals surface area contributed by atoms with Crippen molar-refractivity contribution in [2.45, 2.75) is 39.5 Å². The summed E-state index contributed by atoms with van der Waals surface area (Å²) >= 11 is 0. The molecule has 0 radical (unpaired) electrons. The van der Waals surface area contributed by atoms with Crippen molar-refractivity contribution in [2.24, 2.45) is 17.3 Å². The van der Waals surface area contributed by atoms with Gasteiger partial charge in [-0.1, -0.05) is 13.8 Å². The van der Waals surface area contributed by atoms with Crippen LogP contribution in [-0.4, -0.2) is 73.5 Å². The van der Waals surface area contributed by atoms with E-state index in [1.165, 1.54) is 38.8 Å². The Morgan fingerprint density at radius 3 is 2.18 bits per heavy atom. The maximum Gasteiger partial charge on any atom is 0.236 e. The fourth-order valence-corrected chi connectivity index (χ4v) is 4.71. The van der Waals surface area contributed by atoms with Crippen LogP contribution in [0.25, 0.3) is 0 Å². The van der Waals surface area contributed by atoms with Gasteiger partial charge in [-0.3, -0.25) is 9.69 Å². The number of likely N-dealkylation sites (tertiary alicyclic amines) is 3. The van der Waals surface area contributed by atoms with Crippen molar-refractivity contribution >= 4 is 5.91 Å². The highest BCUT2D eigenvalue weighted by atomic mass is 16.2. The zero-order valence-corrected chi connectivity index (χ0v) is 14.7. The largest absolute Gasteiger partial charge is 0.342 e. The first-order valence-corrected chi connectivity index (χ1v) is 9.16. The van der Waals surface area contributed by atoms with E-state index >= 15 is 0 Å². The topological polar surface area (TPSA) is 26.8 Å². The minimum Gasteiger partial charge on any atom is -0.342 e. The van der Waals surface area contributed by atoms with E-state index in [1.54, 1.807) is 0 Å². The highest BCUT2D eigenvalue weighted by Crippen LogP contribution is 2.39. The van der Waals surface area contributed by atoms with E-state index in [2.05, 4.69) is 35.6 Å². The van der Waals surface area contributed by atoms with Gasteiger partial charge in [-0.05, 0) is 63.1 Å². The summed E-state index contributed by atoms with van der Waals surface area (Å²) in [6.07, 6.45) is 4.94. The molecule has 0 N–H and O–H groups in total. The van der Waals surface area contributed by atoms with Crippen LogP contribution in [0.2, 0.25) is 0 Å². The number of carbonyl (C=O) groups excluding carboxylic acids is 1. The average Bonchev–Trinajstić information content (AvgIpc) is 2.47. The monoisotopic (exact) mass is 307 g/mol. The van der Waals surface area contributed by atoms with E-state index in [4.69, 9.17) is 0 Å². The minimum absolute atomic E-state index is 0.366. The van der Waals surface area contributed by atoms with Crippen molar-refractivity contribution in [3.63, 3.8) is 0 Å². The molecule has 3 heterocycles. The molecular weight excluding hydrogens is 274 g/mol. The van der Waals surface area contributed by atoms with Gasteiger partial charge in [0.05, 0.1) is 6.54 Å². The molecule has 3 rings (SSSR count). The first kappa shape index (κ1) is 16.3. The van der Waals surface area contributed by atoms with Crippen LogP contribution in [0.3, 0.4) is 0 Å². The van der Waals surface area contributed by atoms with Gasteiger partial charge in [0.25, 0.3) is 0 Å². The van der Waals surface area contributed by atoms with Crippen molar-refractivity contribution in [3.05, 3.63) is 0 Å². The summed E-state index contributed by atoms with van der Waals surface area (Å²) in [6.45, 7) is 12.0. The summed E-state index contributed by atoms with van der Waals surface area (Å²) in [7, 11) is 2.20. The second-order valence-electron chi connectivity index (χ2n) is 8.41. The Morgan fingerprint density at radius 2 is 1.68 bits per heavy atom. The molecule has 3 aliphatic heterocycles. The Labute approximate surface area is 135 Å². The molecule has 3 fully saturated rings. The van der Waals surface area contributed by atoms with Crippen molar-refractivity contribution in [2.75, 3.05) is 52.9 Å². The summed E-state index contributed by atoms with van der Waals surface area (Å²) in [5, 5.41) is 0. The van der Waals surface area contributed by atoms with Gasteiger partial charge in [-0.2, -0.15) is 0 Å². The van der Waals surface area contributed by atoms with E-state index in [0.717, 1.165) is 38.0 Å². The highest BCUT2D eigenvalue weighted by molar-refractivity contribution is 5.78. The predicted octanol–water partition coefficient (Wildman–Crippen LogP) is 1.91. The van der Waals surface area contributed by atoms with Gasteiger partial charge in [-0.15, -0.1) is 0 Å². The lowest BCUT2D eigenvalue weighted by Crippen LogP contribution is -2.59. The molecule has 126 valence electrons. The Bertz CT molecular complexity index is 385. The van der Waals surface area contributed by atoms with E-state index in [-0.39, 0.29) is 0 Å². The second kappa shape index (κ2) is 6.48. The summed E-state index contributed by atoms with van der Waals surface area (Å²) in [5.41, 5.74) is 0.543. The molecule has 0 atom stereocenters. The molecule has 4 heteroatoms. The molecular formula is C18H33N3O. The quantitative estimate of drug-likeness (QED) is 0.797. The number of carbonyl (C=O) groups is 1. The third kappa shape index (κ3) is 3.48. The van der Waals surface area contributed by atoms with Crippen molar-refractivity contribution in [1.82, 2.24) is 14.7 Å². The average molecular weight is 307 g/mol. The van der Waals surface area contributed by atoms with Crippen LogP contribution in [0.4, 0.5) is 0 Å². The maximum atomic E-state index is 12.5. The first-order valence-electron chi connectivity index (χ1n) is 9.16. The van der Waals surface area contributed by atoms with Gasteiger partial charge in [0.15, 0.2) is 0 Å². The number of hydrogen-bond acceptors (Lipinski definition) is 3. The number of nitrogens with zero attached hydrogens (tertiary/aromatic N) is 3. The smallest absolute Gasteiger partial charge is 0.236 e. The number of amides is 1. The Balaban J connectivity index is 1.40. The third-order valence-corrected chi connectivity index (χ3v) is 6.32. The molecule has 0 aromatic carbocycles. The van der Waals surface area contributed by atoms with Gasteiger partial charge >= 0.3 is 0 Å². The van der Waals surface area contributed by atoms with Crippen LogP contribution in [-0.2, 0) is 4.79 Å². The first-order chi connectivity index (χ1) is 10.5. The molecule has 0 aromatic rings. The zero-order chi connectivity index (χ0) is 15.7. The van der Waals surface area contributed by atoms with Gasteiger partial charge in [-0.25, -0.2) is 0 Å². The number of piperidine rings is 2. The molecule has 1 spiro atoms. The lowest BCUT2D eigenvalue weighted by Gasteiger charge is -2.53. The van der Waals surface area contributed by atoms with Crippen LogP contribution in [0.5, 0.6) is 0 Å². The minimum atomic E-state index is 0.366. The lowest BCUT2D eigenvalue weighted by atomic mass is 9.72. The van der Waals surface area contributed by atoms with E-state index in [0.29, 0.717) is 17.9 Å². The number of rotatable bonds is 3. The van der Waals surface area contributed by atoms with Crippen LogP contribution in [0.1, 0.15) is 39.5 Å². The molecule has 3 aliphatic rings. The Kier molecular flexibility index (Phi) is 4.79. The third-order valence-electron chi connectivity index (χ3n) is 6.32. The van der Waals surface area contributed by atoms with Crippen LogP contribution >= 0.6 is 0 Å². The summed E-state index contributed by atoms with van der Waals surface area (Å²) in [6, 6.07) is 0. The molecule has 0 unspecified atom stereocenters. The van der Waals surface area contributed by atoms with Crippen LogP contribution < -0.4 is 0 Å². The van der Waals surface area contributed by atoms with E-state index in [1.807, 2.05) is 0 Å². The Hall–Kier alpha value is -0.610. The molecule has 3 saturated heterocycles. The van der Waals surface area contributed by atoms with Crippen molar-refractivity contribution in [1.29, 1.82) is 0 Å². The second-order valence-corrected chi connectivity index (χ2v) is 8.41. The van der Waals surface area contributed by atoms with Crippen molar-refractivity contribution < 1.29 is 4.79 Å². The van der Waals surface area contributed by atoms with Crippen molar-refractivity contribution in [3.8, 4) is 0 Å². The highest BCUT2D eigenvalue weighted by Gasteiger charge is 2.43. The Morgan fingerprint density at radius 1 is 1.09 bits per heavy atom. The van der Waals surface area contributed by atoms with Crippen LogP contribution in [0, 0.1) is 17.3 Å². The van der Waals surface area contributed by atoms with Gasteiger partial charge in [0, 0.05) is 26.2 Å². The molecule has 0 bridgehead atoms. The predicted molar refractivity (Wildman–Crippen MR) is 89.7 cm³/mol. The molecule has 1 amide bonds. The number of hydrogen-bond donors (Lipinski definition) is 0. The summed E-state index contributed by atoms with van der Waals surface area (Å²) in [4.78, 5) is 19.4. The standard InChI is InChI=1S/C18H33N3O/c1-15(2)16-4-8-20(9-5-16)12-17(22)21-10-6-18(7-11-21)13-19(3)14-18/h15-16H,4-14H2,1-3H3. The van der Waals surface area contributed by atoms with E-state index < -0.39 is 0 Å². The van der Waals surface area contributed by atoms with Crippen LogP contribution in [0.15, 0.2) is 0 Å². The fourth-order valence-electron chi connectivity index (χ4n) is 4.71. The molecule has 0 aromatic heterocycles. The zero-order valence-electron chi connectivity index (χ0n) is 14.7. The normalized spacial score (nSPS) is 27.4. The molecule has 0 saturated carbocycles. The van der Waals surface area contributed by atoms with Gasteiger partial charge in [0.1, 0.15) is 0 Å². The molecule has 0 aliphatic carbocycles. The van der Waals surface area contributed by atoms with Gasteiger partial charge < -0.3 is 9.80 Å². The maximum absolute atomic E-state index is 12.5. The molecule has 4 nitrogen and oxygen atoms in total. The van der Waals surface area contributed by atoms with E-state index in [9.17, 15) is 4.79 Å². The summed E-state index contributed by atoms with van der Waals surface area (Å²) in [5.74, 6) is 2.01. The lowest BCUT2D eigenvalue weighted by molar-refractivity contribution is -0.137.